The average Bonchev–Trinajstić information content (AvgIpc) is 2.72. The largest absolute Gasteiger partial charge is 0.493 e. The van der Waals surface area contributed by atoms with Crippen LogP contribution in [0.25, 0.3) is 0 Å². The third-order valence-electron chi connectivity index (χ3n) is 5.17. The fraction of sp³-hybridized carbons (Fsp3) is 0.409. The summed E-state index contributed by atoms with van der Waals surface area (Å²) in [6, 6.07) is 16.8. The second-order valence-corrected chi connectivity index (χ2v) is 6.96. The molecule has 27 heavy (non-hydrogen) atoms. The fourth-order valence-corrected chi connectivity index (χ4v) is 3.78. The predicted octanol–water partition coefficient (Wildman–Crippen LogP) is 3.63. The van der Waals surface area contributed by atoms with Gasteiger partial charge in [0, 0.05) is 31.0 Å². The molecule has 0 fully saturated rings. The summed E-state index contributed by atoms with van der Waals surface area (Å²) in [5.74, 6) is 3.23. The minimum atomic E-state index is 0.217. The van der Waals surface area contributed by atoms with Crippen molar-refractivity contribution in [1.82, 2.24) is 10.6 Å². The Labute approximate surface area is 160 Å². The zero-order chi connectivity index (χ0) is 18.5. The number of fused-ring (bicyclic) bond motifs is 2. The molecule has 5 nitrogen and oxygen atoms in total. The van der Waals surface area contributed by atoms with Crippen LogP contribution in [-0.2, 0) is 0 Å². The minimum absolute atomic E-state index is 0.217. The summed E-state index contributed by atoms with van der Waals surface area (Å²) >= 11 is 0. The highest BCUT2D eigenvalue weighted by atomic mass is 16.5. The van der Waals surface area contributed by atoms with Gasteiger partial charge in [0.15, 0.2) is 5.96 Å². The standard InChI is InChI=1S/C22H27N3O2/c1-2-23-22(25-19-12-14-27-21-10-6-4-8-18(19)21)24-15-16-11-13-26-20-9-5-3-7-17(16)20/h3-10,16,19H,2,11-15H2,1H3,(H2,23,24,25). The third kappa shape index (κ3) is 4.02. The molecule has 0 amide bonds. The molecule has 2 unspecified atom stereocenters. The quantitative estimate of drug-likeness (QED) is 0.642. The molecule has 142 valence electrons. The molecule has 0 saturated carbocycles. The maximum atomic E-state index is 5.78. The van der Waals surface area contributed by atoms with E-state index in [2.05, 4.69) is 41.8 Å². The van der Waals surface area contributed by atoms with Gasteiger partial charge in [-0.2, -0.15) is 0 Å². The molecule has 5 heteroatoms. The van der Waals surface area contributed by atoms with Gasteiger partial charge >= 0.3 is 0 Å². The number of guanidine groups is 1. The molecule has 0 radical (unpaired) electrons. The van der Waals surface area contributed by atoms with Crippen LogP contribution in [-0.4, -0.2) is 32.3 Å². The van der Waals surface area contributed by atoms with Crippen molar-refractivity contribution >= 4 is 5.96 Å². The first-order valence-electron chi connectivity index (χ1n) is 9.83. The van der Waals surface area contributed by atoms with Crippen molar-refractivity contribution in [2.75, 3.05) is 26.3 Å². The Morgan fingerprint density at radius 1 is 0.963 bits per heavy atom. The normalized spacial score (nSPS) is 21.3. The topological polar surface area (TPSA) is 54.9 Å². The Hall–Kier alpha value is -2.69. The Kier molecular flexibility index (Phi) is 5.47. The van der Waals surface area contributed by atoms with Gasteiger partial charge in [-0.15, -0.1) is 0 Å². The molecule has 4 rings (SSSR count). The van der Waals surface area contributed by atoms with Crippen LogP contribution in [0.3, 0.4) is 0 Å². The summed E-state index contributed by atoms with van der Waals surface area (Å²) in [6.07, 6.45) is 1.93. The van der Waals surface area contributed by atoms with Gasteiger partial charge in [-0.25, -0.2) is 0 Å². The summed E-state index contributed by atoms with van der Waals surface area (Å²) in [7, 11) is 0. The Morgan fingerprint density at radius 2 is 1.63 bits per heavy atom. The van der Waals surface area contributed by atoms with Gasteiger partial charge < -0.3 is 20.1 Å². The van der Waals surface area contributed by atoms with Crippen molar-refractivity contribution in [3.63, 3.8) is 0 Å². The van der Waals surface area contributed by atoms with Crippen molar-refractivity contribution in [3.8, 4) is 11.5 Å². The van der Waals surface area contributed by atoms with E-state index in [4.69, 9.17) is 14.5 Å². The second-order valence-electron chi connectivity index (χ2n) is 6.96. The zero-order valence-corrected chi connectivity index (χ0v) is 15.8. The highest BCUT2D eigenvalue weighted by Gasteiger charge is 2.23. The number of nitrogens with zero attached hydrogens (tertiary/aromatic N) is 1. The van der Waals surface area contributed by atoms with Gasteiger partial charge in [-0.3, -0.25) is 4.99 Å². The van der Waals surface area contributed by atoms with Crippen LogP contribution in [0, 0.1) is 0 Å². The number of para-hydroxylation sites is 2. The first kappa shape index (κ1) is 17.7. The summed E-state index contributed by atoms with van der Waals surface area (Å²) in [6.45, 7) is 5.16. The molecule has 0 bridgehead atoms. The summed E-state index contributed by atoms with van der Waals surface area (Å²) in [4.78, 5) is 4.90. The number of hydrogen-bond donors (Lipinski definition) is 2. The van der Waals surface area contributed by atoms with E-state index < -0.39 is 0 Å². The molecule has 2 heterocycles. The van der Waals surface area contributed by atoms with Crippen molar-refractivity contribution in [2.24, 2.45) is 4.99 Å². The smallest absolute Gasteiger partial charge is 0.191 e. The van der Waals surface area contributed by atoms with Crippen LogP contribution in [0.15, 0.2) is 53.5 Å². The SMILES string of the molecule is CCNC(=NCC1CCOc2ccccc21)NC1CCOc2ccccc21. The van der Waals surface area contributed by atoms with Crippen LogP contribution in [0.5, 0.6) is 11.5 Å². The van der Waals surface area contributed by atoms with Crippen LogP contribution >= 0.6 is 0 Å². The van der Waals surface area contributed by atoms with Gasteiger partial charge in [-0.1, -0.05) is 36.4 Å². The van der Waals surface area contributed by atoms with Crippen LogP contribution in [0.4, 0.5) is 0 Å². The van der Waals surface area contributed by atoms with Crippen LogP contribution in [0.2, 0.25) is 0 Å². The molecule has 2 N–H and O–H groups in total. The number of benzene rings is 2. The molecule has 2 aromatic carbocycles. The Balaban J connectivity index is 1.49. The molecule has 0 aromatic heterocycles. The molecule has 2 aliphatic heterocycles. The monoisotopic (exact) mass is 365 g/mol. The summed E-state index contributed by atoms with van der Waals surface area (Å²) < 4.78 is 11.6. The van der Waals surface area contributed by atoms with E-state index in [9.17, 15) is 0 Å². The molecule has 2 aliphatic rings. The van der Waals surface area contributed by atoms with E-state index in [0.717, 1.165) is 56.6 Å². The molecule has 0 aliphatic carbocycles. The highest BCUT2D eigenvalue weighted by Crippen LogP contribution is 2.34. The number of aliphatic imine (C=N–C) groups is 1. The van der Waals surface area contributed by atoms with E-state index >= 15 is 0 Å². The second kappa shape index (κ2) is 8.33. The third-order valence-corrected chi connectivity index (χ3v) is 5.17. The molecular formula is C22H27N3O2. The van der Waals surface area contributed by atoms with Crippen molar-refractivity contribution < 1.29 is 9.47 Å². The molecular weight excluding hydrogens is 338 g/mol. The van der Waals surface area contributed by atoms with E-state index in [-0.39, 0.29) is 6.04 Å². The Morgan fingerprint density at radius 3 is 2.41 bits per heavy atom. The lowest BCUT2D eigenvalue weighted by Gasteiger charge is -2.28. The number of ether oxygens (including phenoxy) is 2. The summed E-state index contributed by atoms with van der Waals surface area (Å²) in [5.41, 5.74) is 2.46. The van der Waals surface area contributed by atoms with E-state index in [1.54, 1.807) is 0 Å². The van der Waals surface area contributed by atoms with Gasteiger partial charge in [0.2, 0.25) is 0 Å². The minimum Gasteiger partial charge on any atom is -0.493 e. The lowest BCUT2D eigenvalue weighted by Crippen LogP contribution is -2.41. The van der Waals surface area contributed by atoms with Gasteiger partial charge in [-0.05, 0) is 31.0 Å². The highest BCUT2D eigenvalue weighted by molar-refractivity contribution is 5.80. The predicted molar refractivity (Wildman–Crippen MR) is 108 cm³/mol. The maximum Gasteiger partial charge on any atom is 0.191 e. The zero-order valence-electron chi connectivity index (χ0n) is 15.8. The van der Waals surface area contributed by atoms with E-state index in [1.165, 1.54) is 11.1 Å². The number of hydrogen-bond acceptors (Lipinski definition) is 3. The first-order valence-corrected chi connectivity index (χ1v) is 9.83. The van der Waals surface area contributed by atoms with E-state index in [1.807, 2.05) is 24.3 Å². The van der Waals surface area contributed by atoms with Crippen LogP contribution < -0.4 is 20.1 Å². The van der Waals surface area contributed by atoms with Crippen molar-refractivity contribution in [3.05, 3.63) is 59.7 Å². The first-order chi connectivity index (χ1) is 13.3. The molecule has 0 spiro atoms. The number of rotatable bonds is 4. The van der Waals surface area contributed by atoms with Gasteiger partial charge in [0.05, 0.1) is 19.3 Å². The van der Waals surface area contributed by atoms with Crippen LogP contribution in [0.1, 0.15) is 42.9 Å². The maximum absolute atomic E-state index is 5.78. The molecule has 0 saturated heterocycles. The number of nitrogens with one attached hydrogen (secondary N) is 2. The average molecular weight is 365 g/mol. The lowest BCUT2D eigenvalue weighted by atomic mass is 9.93. The van der Waals surface area contributed by atoms with Gasteiger partial charge in [0.25, 0.3) is 0 Å². The molecule has 2 aromatic rings. The summed E-state index contributed by atoms with van der Waals surface area (Å²) in [5, 5.41) is 7.00. The lowest BCUT2D eigenvalue weighted by molar-refractivity contribution is 0.261. The van der Waals surface area contributed by atoms with Crippen molar-refractivity contribution in [1.29, 1.82) is 0 Å². The Bertz CT molecular complexity index is 806. The fourth-order valence-electron chi connectivity index (χ4n) is 3.78. The molecule has 2 atom stereocenters. The van der Waals surface area contributed by atoms with Gasteiger partial charge in [0.1, 0.15) is 11.5 Å². The van der Waals surface area contributed by atoms with E-state index in [0.29, 0.717) is 5.92 Å². The van der Waals surface area contributed by atoms with Crippen molar-refractivity contribution in [2.45, 2.75) is 31.7 Å².